The van der Waals surface area contributed by atoms with Crippen LogP contribution in [0.1, 0.15) is 24.7 Å². The van der Waals surface area contributed by atoms with E-state index in [1.807, 2.05) is 4.68 Å². The molecule has 0 aliphatic carbocycles. The molecule has 1 saturated heterocycles. The Hall–Kier alpha value is -2.81. The number of aromatic nitrogens is 5. The zero-order valence-corrected chi connectivity index (χ0v) is 13.4. The highest BCUT2D eigenvalue weighted by molar-refractivity contribution is 5.37. The quantitative estimate of drug-likeness (QED) is 0.756. The molecule has 130 valence electrons. The van der Waals surface area contributed by atoms with Gasteiger partial charge in [-0.15, -0.1) is 5.10 Å². The third kappa shape index (κ3) is 3.50. The van der Waals surface area contributed by atoms with E-state index in [1.165, 1.54) is 12.1 Å². The molecule has 0 radical (unpaired) electrons. The molecule has 0 spiro atoms. The monoisotopic (exact) mass is 344 g/mol. The Morgan fingerprint density at radius 3 is 3.12 bits per heavy atom. The first-order valence-electron chi connectivity index (χ1n) is 8.12. The van der Waals surface area contributed by atoms with Gasteiger partial charge in [0.25, 0.3) is 5.89 Å². The van der Waals surface area contributed by atoms with Crippen molar-refractivity contribution in [2.75, 3.05) is 13.1 Å². The van der Waals surface area contributed by atoms with Crippen LogP contribution in [0, 0.1) is 5.82 Å². The van der Waals surface area contributed by atoms with Crippen molar-refractivity contribution in [2.24, 2.45) is 0 Å². The van der Waals surface area contributed by atoms with Gasteiger partial charge in [0.2, 0.25) is 11.6 Å². The predicted octanol–water partition coefficient (Wildman–Crippen LogP) is 1.97. The molecular weight excluding hydrogens is 327 g/mol. The van der Waals surface area contributed by atoms with Crippen molar-refractivity contribution in [3.63, 3.8) is 0 Å². The number of benzene rings is 1. The number of para-hydroxylation sites is 1. The standard InChI is InChI=1S/C16H17FN6O2/c17-12-5-1-2-6-13(12)24-9-14-20-16(25-22-14)15-19-10-23(21-15)11-4-3-7-18-8-11/h1-2,5-6,10-11,18H,3-4,7-9H2. The minimum atomic E-state index is -0.437. The van der Waals surface area contributed by atoms with Crippen molar-refractivity contribution in [1.82, 2.24) is 30.2 Å². The predicted molar refractivity (Wildman–Crippen MR) is 85.2 cm³/mol. The van der Waals surface area contributed by atoms with Crippen LogP contribution in [0.3, 0.4) is 0 Å². The maximum atomic E-state index is 13.5. The number of hydrogen-bond acceptors (Lipinski definition) is 7. The highest BCUT2D eigenvalue weighted by atomic mass is 19.1. The molecular formula is C16H17FN6O2. The van der Waals surface area contributed by atoms with Crippen LogP contribution < -0.4 is 10.1 Å². The highest BCUT2D eigenvalue weighted by Gasteiger charge is 2.19. The zero-order chi connectivity index (χ0) is 17.1. The SMILES string of the molecule is Fc1ccccc1OCc1noc(-c2ncn(C3CCCNC3)n2)n1. The lowest BCUT2D eigenvalue weighted by Gasteiger charge is -2.22. The molecule has 4 rings (SSSR count). The van der Waals surface area contributed by atoms with Gasteiger partial charge in [-0.2, -0.15) is 4.98 Å². The van der Waals surface area contributed by atoms with Crippen LogP contribution in [-0.4, -0.2) is 38.0 Å². The van der Waals surface area contributed by atoms with Gasteiger partial charge in [-0.1, -0.05) is 17.3 Å². The summed E-state index contributed by atoms with van der Waals surface area (Å²) in [4.78, 5) is 8.44. The van der Waals surface area contributed by atoms with Crippen molar-refractivity contribution >= 4 is 0 Å². The maximum Gasteiger partial charge on any atom is 0.297 e. The fourth-order valence-corrected chi connectivity index (χ4v) is 2.72. The van der Waals surface area contributed by atoms with Crippen LogP contribution in [0.15, 0.2) is 35.1 Å². The molecule has 3 heterocycles. The lowest BCUT2D eigenvalue weighted by atomic mass is 10.1. The largest absolute Gasteiger partial charge is 0.482 e. The van der Waals surface area contributed by atoms with E-state index >= 15 is 0 Å². The topological polar surface area (TPSA) is 90.9 Å². The number of halogens is 1. The lowest BCUT2D eigenvalue weighted by Crippen LogP contribution is -2.31. The molecule has 25 heavy (non-hydrogen) atoms. The van der Waals surface area contributed by atoms with Crippen molar-refractivity contribution in [1.29, 1.82) is 0 Å². The average molecular weight is 344 g/mol. The maximum absolute atomic E-state index is 13.5. The molecule has 1 aromatic carbocycles. The third-order valence-electron chi connectivity index (χ3n) is 4.01. The highest BCUT2D eigenvalue weighted by Crippen LogP contribution is 2.19. The average Bonchev–Trinajstić information content (AvgIpc) is 3.31. The number of nitrogens with one attached hydrogen (secondary N) is 1. The number of ether oxygens (including phenoxy) is 1. The van der Waals surface area contributed by atoms with E-state index in [0.29, 0.717) is 11.6 Å². The third-order valence-corrected chi connectivity index (χ3v) is 4.01. The Bertz CT molecular complexity index is 843. The molecule has 1 aliphatic heterocycles. The van der Waals surface area contributed by atoms with E-state index in [4.69, 9.17) is 9.26 Å². The molecule has 0 amide bonds. The summed E-state index contributed by atoms with van der Waals surface area (Å²) >= 11 is 0. The molecule has 1 aliphatic rings. The Kier molecular flexibility index (Phi) is 4.38. The summed E-state index contributed by atoms with van der Waals surface area (Å²) in [6.45, 7) is 1.90. The van der Waals surface area contributed by atoms with E-state index in [2.05, 4.69) is 25.5 Å². The Morgan fingerprint density at radius 1 is 1.36 bits per heavy atom. The van der Waals surface area contributed by atoms with E-state index in [1.54, 1.807) is 18.5 Å². The Labute approximate surface area is 143 Å². The molecule has 3 aromatic rings. The van der Waals surface area contributed by atoms with E-state index < -0.39 is 5.82 Å². The van der Waals surface area contributed by atoms with Crippen LogP contribution in [0.4, 0.5) is 4.39 Å². The van der Waals surface area contributed by atoms with Gasteiger partial charge in [0.1, 0.15) is 6.33 Å². The number of hydrogen-bond donors (Lipinski definition) is 1. The van der Waals surface area contributed by atoms with E-state index in [0.717, 1.165) is 25.9 Å². The van der Waals surface area contributed by atoms with Crippen LogP contribution in [-0.2, 0) is 6.61 Å². The summed E-state index contributed by atoms with van der Waals surface area (Å²) in [5, 5.41) is 11.6. The van der Waals surface area contributed by atoms with Gasteiger partial charge >= 0.3 is 0 Å². The summed E-state index contributed by atoms with van der Waals surface area (Å²) in [7, 11) is 0. The van der Waals surface area contributed by atoms with Crippen molar-refractivity contribution < 1.29 is 13.7 Å². The van der Waals surface area contributed by atoms with Crippen molar-refractivity contribution in [2.45, 2.75) is 25.5 Å². The first kappa shape index (κ1) is 15.7. The van der Waals surface area contributed by atoms with E-state index in [9.17, 15) is 4.39 Å². The van der Waals surface area contributed by atoms with Gasteiger partial charge in [0.15, 0.2) is 18.2 Å². The van der Waals surface area contributed by atoms with Crippen molar-refractivity contribution in [3.8, 4) is 17.5 Å². The second kappa shape index (κ2) is 6.98. The normalized spacial score (nSPS) is 17.6. The van der Waals surface area contributed by atoms with Crippen LogP contribution in [0.2, 0.25) is 0 Å². The molecule has 0 bridgehead atoms. The molecule has 0 saturated carbocycles. The molecule has 9 heteroatoms. The molecule has 1 fully saturated rings. The first-order valence-corrected chi connectivity index (χ1v) is 8.12. The molecule has 8 nitrogen and oxygen atoms in total. The number of piperidine rings is 1. The molecule has 1 atom stereocenters. The molecule has 1 N–H and O–H groups in total. The van der Waals surface area contributed by atoms with Gasteiger partial charge in [-0.25, -0.2) is 14.1 Å². The van der Waals surface area contributed by atoms with Crippen LogP contribution in [0.5, 0.6) is 5.75 Å². The lowest BCUT2D eigenvalue weighted by molar-refractivity contribution is 0.274. The van der Waals surface area contributed by atoms with Crippen molar-refractivity contribution in [3.05, 3.63) is 42.2 Å². The number of rotatable bonds is 5. The minimum absolute atomic E-state index is 0.00229. The van der Waals surface area contributed by atoms with Gasteiger partial charge in [0.05, 0.1) is 6.04 Å². The summed E-state index contributed by atoms with van der Waals surface area (Å²) in [6.07, 6.45) is 3.84. The van der Waals surface area contributed by atoms with Gasteiger partial charge in [-0.05, 0) is 31.5 Å². The van der Waals surface area contributed by atoms with Gasteiger partial charge in [-0.3, -0.25) is 0 Å². The fourth-order valence-electron chi connectivity index (χ4n) is 2.72. The summed E-state index contributed by atoms with van der Waals surface area (Å²) in [5.41, 5.74) is 0. The van der Waals surface area contributed by atoms with Crippen LogP contribution in [0.25, 0.3) is 11.7 Å². The van der Waals surface area contributed by atoms with Crippen LogP contribution >= 0.6 is 0 Å². The first-order chi connectivity index (χ1) is 12.3. The second-order valence-electron chi connectivity index (χ2n) is 5.78. The fraction of sp³-hybridized carbons (Fsp3) is 0.375. The smallest absolute Gasteiger partial charge is 0.297 e. The molecule has 1 unspecified atom stereocenters. The van der Waals surface area contributed by atoms with Gasteiger partial charge < -0.3 is 14.6 Å². The van der Waals surface area contributed by atoms with E-state index in [-0.39, 0.29) is 24.3 Å². The minimum Gasteiger partial charge on any atom is -0.482 e. The summed E-state index contributed by atoms with van der Waals surface area (Å²) < 4.78 is 25.9. The second-order valence-corrected chi connectivity index (χ2v) is 5.78. The van der Waals surface area contributed by atoms with Gasteiger partial charge in [0, 0.05) is 6.54 Å². The Balaban J connectivity index is 1.42. The number of nitrogens with zero attached hydrogens (tertiary/aromatic N) is 5. The summed E-state index contributed by atoms with van der Waals surface area (Å²) in [5.74, 6) is 0.590. The Morgan fingerprint density at radius 2 is 2.28 bits per heavy atom. The summed E-state index contributed by atoms with van der Waals surface area (Å²) in [6, 6.07) is 6.43. The zero-order valence-electron chi connectivity index (χ0n) is 13.4. The molecule has 2 aromatic heterocycles.